The number of nitrogens with two attached hydrogens (primary N) is 1. The topological polar surface area (TPSA) is 65.7 Å². The molecule has 0 saturated carbocycles. The van der Waals surface area contributed by atoms with Crippen molar-refractivity contribution >= 4 is 8.80 Å². The van der Waals surface area contributed by atoms with Crippen LogP contribution in [0.25, 0.3) is 0 Å². The van der Waals surface area contributed by atoms with Crippen molar-refractivity contribution in [1.29, 1.82) is 0 Å². The lowest BCUT2D eigenvalue weighted by Crippen LogP contribution is -2.43. The second kappa shape index (κ2) is 7.33. The molecule has 0 aliphatic rings. The Morgan fingerprint density at radius 1 is 1.21 bits per heavy atom. The van der Waals surface area contributed by atoms with Crippen molar-refractivity contribution in [3.8, 4) is 0 Å². The molecule has 0 heterocycles. The molecule has 0 aromatic heterocycles. The maximum Gasteiger partial charge on any atom is 0.500 e. The van der Waals surface area contributed by atoms with Gasteiger partial charge < -0.3 is 24.3 Å². The van der Waals surface area contributed by atoms with E-state index in [1.165, 1.54) is 0 Å². The molecule has 1 atom stereocenters. The summed E-state index contributed by atoms with van der Waals surface area (Å²) in [5.41, 5.74) is 5.55. The lowest BCUT2D eigenvalue weighted by atomic mass is 10.4. The average molecular weight is 222 g/mol. The number of nitrogens with one attached hydrogen (secondary N) is 1. The zero-order chi connectivity index (χ0) is 11.0. The Balaban J connectivity index is 3.71. The average Bonchev–Trinajstić information content (AvgIpc) is 2.19. The molecule has 1 unspecified atom stereocenters. The van der Waals surface area contributed by atoms with Crippen LogP contribution in [0.5, 0.6) is 0 Å². The molecule has 0 aliphatic carbocycles. The first-order chi connectivity index (χ1) is 6.60. The summed E-state index contributed by atoms with van der Waals surface area (Å²) in [5, 5.41) is 3.12. The highest BCUT2D eigenvalue weighted by atomic mass is 28.4. The zero-order valence-electron chi connectivity index (χ0n) is 9.50. The van der Waals surface area contributed by atoms with Crippen LogP contribution in [0.3, 0.4) is 0 Å². The van der Waals surface area contributed by atoms with E-state index in [2.05, 4.69) is 5.32 Å². The summed E-state index contributed by atoms with van der Waals surface area (Å²) in [4.78, 5) is 0. The van der Waals surface area contributed by atoms with Crippen molar-refractivity contribution < 1.29 is 13.3 Å². The molecule has 86 valence electrons. The van der Waals surface area contributed by atoms with Crippen molar-refractivity contribution in [2.45, 2.75) is 25.6 Å². The third kappa shape index (κ3) is 5.04. The molecule has 0 radical (unpaired) electrons. The molecule has 0 amide bonds. The number of hydrogen-bond donors (Lipinski definition) is 2. The summed E-state index contributed by atoms with van der Waals surface area (Å²) < 4.78 is 15.8. The van der Waals surface area contributed by atoms with Gasteiger partial charge in [0.05, 0.1) is 6.17 Å². The molecule has 6 heteroatoms. The van der Waals surface area contributed by atoms with E-state index in [1.54, 1.807) is 21.3 Å². The summed E-state index contributed by atoms with van der Waals surface area (Å²) in [6.45, 7) is 2.76. The molecule has 0 bridgehead atoms. The predicted octanol–water partition coefficient (Wildman–Crippen LogP) is 0.149. The van der Waals surface area contributed by atoms with Crippen molar-refractivity contribution in [1.82, 2.24) is 5.32 Å². The van der Waals surface area contributed by atoms with Gasteiger partial charge in [-0.3, -0.25) is 0 Å². The van der Waals surface area contributed by atoms with Crippen LogP contribution in [0.4, 0.5) is 0 Å². The number of hydrogen-bond acceptors (Lipinski definition) is 5. The minimum Gasteiger partial charge on any atom is -0.377 e. The van der Waals surface area contributed by atoms with E-state index in [0.29, 0.717) is 0 Å². The van der Waals surface area contributed by atoms with Gasteiger partial charge in [0.15, 0.2) is 0 Å². The van der Waals surface area contributed by atoms with Crippen LogP contribution in [-0.2, 0) is 13.3 Å². The van der Waals surface area contributed by atoms with Gasteiger partial charge in [-0.25, -0.2) is 0 Å². The highest BCUT2D eigenvalue weighted by Gasteiger charge is 2.36. The first kappa shape index (κ1) is 14.0. The molecule has 0 aromatic carbocycles. The summed E-state index contributed by atoms with van der Waals surface area (Å²) >= 11 is 0. The fraction of sp³-hybridized carbons (Fsp3) is 1.00. The molecule has 0 spiro atoms. The quantitative estimate of drug-likeness (QED) is 0.348. The molecular weight excluding hydrogens is 200 g/mol. The molecule has 14 heavy (non-hydrogen) atoms. The van der Waals surface area contributed by atoms with Gasteiger partial charge >= 0.3 is 8.80 Å². The smallest absolute Gasteiger partial charge is 0.377 e. The minimum absolute atomic E-state index is 0.0266. The summed E-state index contributed by atoms with van der Waals surface area (Å²) in [5.74, 6) is 0. The Bertz CT molecular complexity index is 134. The van der Waals surface area contributed by atoms with Crippen LogP contribution in [0, 0.1) is 0 Å². The SMILES string of the molecule is CO[Si](CCCNC(C)N)(OC)OC. The molecule has 3 N–H and O–H groups in total. The van der Waals surface area contributed by atoms with Gasteiger partial charge in [0.25, 0.3) is 0 Å². The molecule has 0 aromatic rings. The van der Waals surface area contributed by atoms with Crippen molar-refractivity contribution in [2.75, 3.05) is 27.9 Å². The van der Waals surface area contributed by atoms with Crippen molar-refractivity contribution in [2.24, 2.45) is 5.73 Å². The Morgan fingerprint density at radius 2 is 1.71 bits per heavy atom. The largest absolute Gasteiger partial charge is 0.500 e. The van der Waals surface area contributed by atoms with Crippen LogP contribution in [0.15, 0.2) is 0 Å². The van der Waals surface area contributed by atoms with Gasteiger partial charge in [0.2, 0.25) is 0 Å². The third-order valence-corrected chi connectivity index (χ3v) is 4.89. The van der Waals surface area contributed by atoms with E-state index < -0.39 is 8.80 Å². The summed E-state index contributed by atoms with van der Waals surface area (Å²) in [6, 6.07) is 0.802. The lowest BCUT2D eigenvalue weighted by Gasteiger charge is -2.24. The first-order valence-electron chi connectivity index (χ1n) is 4.74. The van der Waals surface area contributed by atoms with Crippen molar-refractivity contribution in [3.05, 3.63) is 0 Å². The second-order valence-electron chi connectivity index (χ2n) is 3.14. The maximum absolute atomic E-state index is 5.55. The highest BCUT2D eigenvalue weighted by molar-refractivity contribution is 6.60. The molecule has 0 aliphatic heterocycles. The van der Waals surface area contributed by atoms with E-state index in [9.17, 15) is 0 Å². The van der Waals surface area contributed by atoms with Crippen LogP contribution in [0.1, 0.15) is 13.3 Å². The van der Waals surface area contributed by atoms with Crippen molar-refractivity contribution in [3.63, 3.8) is 0 Å². The fourth-order valence-corrected chi connectivity index (χ4v) is 2.91. The molecule has 0 rings (SSSR count). The van der Waals surface area contributed by atoms with E-state index in [1.807, 2.05) is 6.92 Å². The van der Waals surface area contributed by atoms with Crippen LogP contribution < -0.4 is 11.1 Å². The van der Waals surface area contributed by atoms with Gasteiger partial charge in [0.1, 0.15) is 0 Å². The van der Waals surface area contributed by atoms with Crippen LogP contribution in [0.2, 0.25) is 6.04 Å². The predicted molar refractivity (Wildman–Crippen MR) is 57.9 cm³/mol. The van der Waals surface area contributed by atoms with Crippen LogP contribution >= 0.6 is 0 Å². The fourth-order valence-electron chi connectivity index (χ4n) is 1.19. The van der Waals surface area contributed by atoms with Gasteiger partial charge in [-0.2, -0.15) is 0 Å². The van der Waals surface area contributed by atoms with Gasteiger partial charge in [-0.05, 0) is 19.9 Å². The summed E-state index contributed by atoms with van der Waals surface area (Å²) in [7, 11) is 2.50. The maximum atomic E-state index is 5.55. The number of rotatable bonds is 8. The standard InChI is InChI=1S/C8H22N2O3Si/c1-8(9)10-6-5-7-14(11-2,12-3)13-4/h8,10H,5-7,9H2,1-4H3. The third-order valence-electron chi connectivity index (χ3n) is 2.06. The van der Waals surface area contributed by atoms with E-state index in [0.717, 1.165) is 19.0 Å². The normalized spacial score (nSPS) is 14.4. The Hall–Kier alpha value is 0.0169. The molecular formula is C8H22N2O3Si. The first-order valence-corrected chi connectivity index (χ1v) is 6.68. The highest BCUT2D eigenvalue weighted by Crippen LogP contribution is 2.14. The lowest BCUT2D eigenvalue weighted by molar-refractivity contribution is 0.123. The second-order valence-corrected chi connectivity index (χ2v) is 6.23. The zero-order valence-corrected chi connectivity index (χ0v) is 10.5. The monoisotopic (exact) mass is 222 g/mol. The van der Waals surface area contributed by atoms with E-state index in [-0.39, 0.29) is 6.17 Å². The van der Waals surface area contributed by atoms with Gasteiger partial charge in [-0.15, -0.1) is 0 Å². The van der Waals surface area contributed by atoms with E-state index in [4.69, 9.17) is 19.0 Å². The summed E-state index contributed by atoms with van der Waals surface area (Å²) in [6.07, 6.45) is 0.960. The Kier molecular flexibility index (Phi) is 7.34. The molecule has 0 saturated heterocycles. The van der Waals surface area contributed by atoms with Gasteiger partial charge in [-0.1, -0.05) is 0 Å². The molecule has 5 nitrogen and oxygen atoms in total. The Labute approximate surface area is 87.3 Å². The molecule has 0 fully saturated rings. The minimum atomic E-state index is -2.37. The van der Waals surface area contributed by atoms with Gasteiger partial charge in [0, 0.05) is 27.4 Å². The van der Waals surface area contributed by atoms with Crippen LogP contribution in [-0.4, -0.2) is 42.8 Å². The van der Waals surface area contributed by atoms with E-state index >= 15 is 0 Å². The Morgan fingerprint density at radius 3 is 2.07 bits per heavy atom.